The van der Waals surface area contributed by atoms with E-state index in [-0.39, 0.29) is 0 Å². The Balaban J connectivity index is 1.67. The molecule has 4 heteroatoms. The van der Waals surface area contributed by atoms with Crippen molar-refractivity contribution < 1.29 is 5.11 Å². The Labute approximate surface area is 124 Å². The maximum Gasteiger partial charge on any atom is 0.0954 e. The fourth-order valence-electron chi connectivity index (χ4n) is 3.04. The molecular weight excluding hydrogens is 268 g/mol. The van der Waals surface area contributed by atoms with Crippen LogP contribution in [0.25, 0.3) is 10.2 Å². The van der Waals surface area contributed by atoms with Crippen molar-refractivity contribution >= 4 is 21.6 Å². The Kier molecular flexibility index (Phi) is 4.34. The van der Waals surface area contributed by atoms with Crippen LogP contribution in [0.15, 0.2) is 24.3 Å². The summed E-state index contributed by atoms with van der Waals surface area (Å²) in [5, 5.41) is 10.6. The number of nitrogens with zero attached hydrogens (tertiary/aromatic N) is 2. The van der Waals surface area contributed by atoms with Crippen LogP contribution in [0, 0.1) is 5.92 Å². The first-order valence-corrected chi connectivity index (χ1v) is 8.27. The Morgan fingerprint density at radius 1 is 1.45 bits per heavy atom. The minimum atomic E-state index is 0.324. The van der Waals surface area contributed by atoms with Crippen molar-refractivity contribution in [2.24, 2.45) is 5.92 Å². The van der Waals surface area contributed by atoms with Gasteiger partial charge >= 0.3 is 0 Å². The van der Waals surface area contributed by atoms with Gasteiger partial charge in [-0.25, -0.2) is 4.98 Å². The molecule has 3 nitrogen and oxygen atoms in total. The molecule has 2 aromatic rings. The summed E-state index contributed by atoms with van der Waals surface area (Å²) in [5.74, 6) is 0.460. The van der Waals surface area contributed by atoms with Gasteiger partial charge in [0.15, 0.2) is 0 Å². The van der Waals surface area contributed by atoms with Gasteiger partial charge in [0.25, 0.3) is 0 Å². The molecule has 2 unspecified atom stereocenters. The second-order valence-corrected chi connectivity index (χ2v) is 6.93. The van der Waals surface area contributed by atoms with E-state index in [1.165, 1.54) is 22.5 Å². The highest BCUT2D eigenvalue weighted by Crippen LogP contribution is 2.25. The van der Waals surface area contributed by atoms with Crippen LogP contribution in [0.4, 0.5) is 0 Å². The highest BCUT2D eigenvalue weighted by molar-refractivity contribution is 7.18. The number of thiazole rings is 1. The third kappa shape index (κ3) is 3.03. The van der Waals surface area contributed by atoms with E-state index in [2.05, 4.69) is 30.0 Å². The number of benzene rings is 1. The molecule has 0 radical (unpaired) electrons. The van der Waals surface area contributed by atoms with Gasteiger partial charge in [-0.05, 0) is 44.4 Å². The van der Waals surface area contributed by atoms with Gasteiger partial charge < -0.3 is 5.11 Å². The lowest BCUT2D eigenvalue weighted by Crippen LogP contribution is -2.43. The molecule has 1 aliphatic rings. The maximum atomic E-state index is 9.34. The van der Waals surface area contributed by atoms with Crippen LogP contribution >= 0.6 is 11.3 Å². The first kappa shape index (κ1) is 14.0. The molecule has 0 bridgehead atoms. The van der Waals surface area contributed by atoms with Crippen LogP contribution in [0.5, 0.6) is 0 Å². The second-order valence-electron chi connectivity index (χ2n) is 5.81. The van der Waals surface area contributed by atoms with E-state index in [9.17, 15) is 5.11 Å². The van der Waals surface area contributed by atoms with Crippen LogP contribution < -0.4 is 0 Å². The fraction of sp³-hybridized carbons (Fsp3) is 0.562. The normalized spacial score (nSPS) is 22.2. The molecule has 3 rings (SSSR count). The summed E-state index contributed by atoms with van der Waals surface area (Å²) in [7, 11) is 0. The number of rotatable bonds is 4. The quantitative estimate of drug-likeness (QED) is 0.940. The van der Waals surface area contributed by atoms with Gasteiger partial charge in [-0.2, -0.15) is 0 Å². The molecule has 0 aliphatic carbocycles. The molecule has 20 heavy (non-hydrogen) atoms. The van der Waals surface area contributed by atoms with Crippen molar-refractivity contribution in [3.05, 3.63) is 29.3 Å². The fourth-order valence-corrected chi connectivity index (χ4v) is 4.12. The minimum absolute atomic E-state index is 0.324. The Hall–Kier alpha value is -0.970. The number of fused-ring (bicyclic) bond motifs is 1. The van der Waals surface area contributed by atoms with E-state index in [0.29, 0.717) is 18.6 Å². The van der Waals surface area contributed by atoms with Crippen molar-refractivity contribution in [2.75, 3.05) is 19.7 Å². The van der Waals surface area contributed by atoms with Crippen LogP contribution in [0.1, 0.15) is 24.8 Å². The summed E-state index contributed by atoms with van der Waals surface area (Å²) in [6.07, 6.45) is 3.38. The predicted octanol–water partition coefficient (Wildman–Crippen LogP) is 2.93. The van der Waals surface area contributed by atoms with Crippen molar-refractivity contribution in [1.82, 2.24) is 9.88 Å². The molecule has 2 heterocycles. The van der Waals surface area contributed by atoms with Crippen LogP contribution in [-0.4, -0.2) is 40.7 Å². The molecule has 1 aromatic carbocycles. The van der Waals surface area contributed by atoms with E-state index in [1.807, 2.05) is 17.4 Å². The summed E-state index contributed by atoms with van der Waals surface area (Å²) in [6, 6.07) is 8.85. The van der Waals surface area contributed by atoms with Crippen LogP contribution in [0.2, 0.25) is 0 Å². The standard InChI is InChI=1S/C16H22N2OS/c1-12(18-8-4-5-13(10-18)11-19)9-16-17-14-6-2-3-7-15(14)20-16/h2-3,6-7,12-13,19H,4-5,8-11H2,1H3. The molecule has 0 amide bonds. The molecular formula is C16H22N2OS. The maximum absolute atomic E-state index is 9.34. The van der Waals surface area contributed by atoms with Gasteiger partial charge in [-0.3, -0.25) is 4.90 Å². The highest BCUT2D eigenvalue weighted by atomic mass is 32.1. The summed E-state index contributed by atoms with van der Waals surface area (Å²) in [4.78, 5) is 7.24. The number of aliphatic hydroxyl groups is 1. The molecule has 1 aromatic heterocycles. The number of para-hydroxylation sites is 1. The number of likely N-dealkylation sites (tertiary alicyclic amines) is 1. The van der Waals surface area contributed by atoms with Gasteiger partial charge in [0.05, 0.1) is 15.2 Å². The van der Waals surface area contributed by atoms with Crippen molar-refractivity contribution in [3.63, 3.8) is 0 Å². The molecule has 1 N–H and O–H groups in total. The van der Waals surface area contributed by atoms with Gasteiger partial charge in [0, 0.05) is 25.6 Å². The molecule has 1 aliphatic heterocycles. The van der Waals surface area contributed by atoms with Crippen LogP contribution in [0.3, 0.4) is 0 Å². The molecule has 1 saturated heterocycles. The lowest BCUT2D eigenvalue weighted by atomic mass is 9.97. The molecule has 2 atom stereocenters. The van der Waals surface area contributed by atoms with E-state index in [1.54, 1.807) is 0 Å². The van der Waals surface area contributed by atoms with Gasteiger partial charge in [-0.1, -0.05) is 12.1 Å². The van der Waals surface area contributed by atoms with E-state index in [0.717, 1.165) is 25.0 Å². The monoisotopic (exact) mass is 290 g/mol. The van der Waals surface area contributed by atoms with Gasteiger partial charge in [0.2, 0.25) is 0 Å². The lowest BCUT2D eigenvalue weighted by molar-refractivity contribution is 0.0935. The highest BCUT2D eigenvalue weighted by Gasteiger charge is 2.23. The smallest absolute Gasteiger partial charge is 0.0954 e. The third-order valence-electron chi connectivity index (χ3n) is 4.24. The first-order valence-electron chi connectivity index (χ1n) is 7.45. The number of aliphatic hydroxyl groups excluding tert-OH is 1. The summed E-state index contributed by atoms with van der Waals surface area (Å²) in [6.45, 7) is 4.79. The van der Waals surface area contributed by atoms with Crippen molar-refractivity contribution in [3.8, 4) is 0 Å². The molecule has 1 fully saturated rings. The number of piperidine rings is 1. The SMILES string of the molecule is CC(Cc1nc2ccccc2s1)N1CCCC(CO)C1. The third-order valence-corrected chi connectivity index (χ3v) is 5.30. The summed E-state index contributed by atoms with van der Waals surface area (Å²) in [5.41, 5.74) is 1.12. The van der Waals surface area contributed by atoms with E-state index >= 15 is 0 Å². The minimum Gasteiger partial charge on any atom is -0.396 e. The second kappa shape index (κ2) is 6.20. The van der Waals surface area contributed by atoms with Crippen molar-refractivity contribution in [2.45, 2.75) is 32.2 Å². The van der Waals surface area contributed by atoms with Crippen molar-refractivity contribution in [1.29, 1.82) is 0 Å². The number of hydrogen-bond acceptors (Lipinski definition) is 4. The average Bonchev–Trinajstić information content (AvgIpc) is 2.89. The number of aromatic nitrogens is 1. The zero-order chi connectivity index (χ0) is 13.9. The van der Waals surface area contributed by atoms with E-state index in [4.69, 9.17) is 4.98 Å². The Bertz CT molecular complexity index is 535. The molecule has 108 valence electrons. The first-order chi connectivity index (χ1) is 9.76. The molecule has 0 saturated carbocycles. The zero-order valence-electron chi connectivity index (χ0n) is 12.0. The Morgan fingerprint density at radius 2 is 2.30 bits per heavy atom. The van der Waals surface area contributed by atoms with Crippen LogP contribution in [-0.2, 0) is 6.42 Å². The van der Waals surface area contributed by atoms with Gasteiger partial charge in [0.1, 0.15) is 0 Å². The van der Waals surface area contributed by atoms with Gasteiger partial charge in [-0.15, -0.1) is 11.3 Å². The molecule has 0 spiro atoms. The lowest BCUT2D eigenvalue weighted by Gasteiger charge is -2.36. The zero-order valence-corrected chi connectivity index (χ0v) is 12.8. The van der Waals surface area contributed by atoms with E-state index < -0.39 is 0 Å². The summed E-state index contributed by atoms with van der Waals surface area (Å²) < 4.78 is 1.28. The topological polar surface area (TPSA) is 36.4 Å². The predicted molar refractivity (Wildman–Crippen MR) is 84.2 cm³/mol. The number of hydrogen-bond donors (Lipinski definition) is 1. The largest absolute Gasteiger partial charge is 0.396 e. The summed E-state index contributed by atoms with van der Waals surface area (Å²) >= 11 is 1.81. The Morgan fingerprint density at radius 3 is 3.10 bits per heavy atom. The average molecular weight is 290 g/mol.